The van der Waals surface area contributed by atoms with Gasteiger partial charge < -0.3 is 10.2 Å². The van der Waals surface area contributed by atoms with E-state index in [2.05, 4.69) is 16.3 Å². The number of benzene rings is 1. The molecule has 2 heterocycles. The van der Waals surface area contributed by atoms with Crippen LogP contribution in [0.3, 0.4) is 0 Å². The molecule has 2 aromatic rings. The number of carbonyl (C=O) groups is 1. The number of nitrogens with zero attached hydrogens (tertiary/aromatic N) is 2. The summed E-state index contributed by atoms with van der Waals surface area (Å²) in [6, 6.07) is 8.06. The number of hydrogen-bond donors (Lipinski definition) is 1. The number of aryl methyl sites for hydroxylation is 3. The molecule has 0 radical (unpaired) electrons. The van der Waals surface area contributed by atoms with Crippen molar-refractivity contribution < 1.29 is 13.2 Å². The van der Waals surface area contributed by atoms with Gasteiger partial charge in [0.1, 0.15) is 0 Å². The first-order valence-corrected chi connectivity index (χ1v) is 13.0. The van der Waals surface area contributed by atoms with Crippen LogP contribution in [0.5, 0.6) is 0 Å². The molecule has 0 unspecified atom stereocenters. The molecule has 1 saturated heterocycles. The first kappa shape index (κ1) is 23.9. The highest BCUT2D eigenvalue weighted by atomic mass is 32.2. The van der Waals surface area contributed by atoms with Gasteiger partial charge in [-0.2, -0.15) is 4.31 Å². The summed E-state index contributed by atoms with van der Waals surface area (Å²) >= 11 is 1.68. The maximum absolute atomic E-state index is 13.3. The summed E-state index contributed by atoms with van der Waals surface area (Å²) in [6.07, 6.45) is 1.08. The standard InChI is InChI=1S/C23H33N3O3S2/c1-16-13-17(2)22(18(3)14-16)31(28,29)26-10-8-19(9-11-26)23(27)24-15-20(25(4)5)21-7-6-12-30-21/h6-7,12-14,19-20H,8-11,15H2,1-5H3,(H,24,27)/t20-/m0/s1. The molecule has 3 rings (SSSR count). The number of likely N-dealkylation sites (N-methyl/N-ethyl adjacent to an activating group) is 1. The Morgan fingerprint density at radius 3 is 2.32 bits per heavy atom. The van der Waals surface area contributed by atoms with Crippen molar-refractivity contribution in [2.45, 2.75) is 44.6 Å². The molecule has 8 heteroatoms. The second kappa shape index (κ2) is 9.81. The van der Waals surface area contributed by atoms with Gasteiger partial charge in [0.2, 0.25) is 15.9 Å². The van der Waals surface area contributed by atoms with Crippen LogP contribution in [0.15, 0.2) is 34.5 Å². The van der Waals surface area contributed by atoms with Crippen LogP contribution in [-0.4, -0.2) is 57.3 Å². The van der Waals surface area contributed by atoms with Gasteiger partial charge in [0.15, 0.2) is 0 Å². The SMILES string of the molecule is Cc1cc(C)c(S(=O)(=O)N2CCC(C(=O)NC[C@@H](c3cccs3)N(C)C)CC2)c(C)c1. The molecular weight excluding hydrogens is 430 g/mol. The van der Waals surface area contributed by atoms with E-state index in [1.54, 1.807) is 11.3 Å². The third-order valence-electron chi connectivity index (χ3n) is 5.99. The summed E-state index contributed by atoms with van der Waals surface area (Å²) in [4.78, 5) is 16.5. The summed E-state index contributed by atoms with van der Waals surface area (Å²) in [5.41, 5.74) is 2.62. The van der Waals surface area contributed by atoms with Gasteiger partial charge in [-0.05, 0) is 70.3 Å². The lowest BCUT2D eigenvalue weighted by molar-refractivity contribution is -0.126. The topological polar surface area (TPSA) is 69.7 Å². The van der Waals surface area contributed by atoms with Crippen LogP contribution in [0, 0.1) is 26.7 Å². The molecule has 1 aromatic heterocycles. The van der Waals surface area contributed by atoms with Crippen LogP contribution in [0.2, 0.25) is 0 Å². The van der Waals surface area contributed by atoms with E-state index in [4.69, 9.17) is 0 Å². The minimum atomic E-state index is -3.56. The Bertz CT molecular complexity index is 986. The third kappa shape index (κ3) is 5.37. The van der Waals surface area contributed by atoms with Crippen molar-refractivity contribution in [3.63, 3.8) is 0 Å². The van der Waals surface area contributed by atoms with Crippen LogP contribution in [0.4, 0.5) is 0 Å². The van der Waals surface area contributed by atoms with E-state index in [0.717, 1.165) is 16.7 Å². The molecule has 1 aliphatic rings. The van der Waals surface area contributed by atoms with Gasteiger partial charge >= 0.3 is 0 Å². The molecule has 6 nitrogen and oxygen atoms in total. The van der Waals surface area contributed by atoms with E-state index < -0.39 is 10.0 Å². The van der Waals surface area contributed by atoms with Crippen molar-refractivity contribution >= 4 is 27.3 Å². The number of carbonyl (C=O) groups excluding carboxylic acids is 1. The maximum Gasteiger partial charge on any atom is 0.243 e. The van der Waals surface area contributed by atoms with E-state index in [9.17, 15) is 13.2 Å². The lowest BCUT2D eigenvalue weighted by atomic mass is 9.97. The van der Waals surface area contributed by atoms with Gasteiger partial charge in [0, 0.05) is 30.4 Å². The van der Waals surface area contributed by atoms with Crippen molar-refractivity contribution in [3.05, 3.63) is 51.2 Å². The van der Waals surface area contributed by atoms with Crippen LogP contribution in [0.25, 0.3) is 0 Å². The molecule has 1 amide bonds. The van der Waals surface area contributed by atoms with E-state index in [1.807, 2.05) is 58.4 Å². The summed E-state index contributed by atoms with van der Waals surface area (Å²) < 4.78 is 28.1. The summed E-state index contributed by atoms with van der Waals surface area (Å²) in [5, 5.41) is 5.13. The van der Waals surface area contributed by atoms with E-state index in [0.29, 0.717) is 37.4 Å². The quantitative estimate of drug-likeness (QED) is 0.682. The van der Waals surface area contributed by atoms with Gasteiger partial charge in [0.25, 0.3) is 0 Å². The first-order chi connectivity index (χ1) is 14.6. The number of nitrogens with one attached hydrogen (secondary N) is 1. The van der Waals surface area contributed by atoms with E-state index >= 15 is 0 Å². The molecule has 0 aliphatic carbocycles. The van der Waals surface area contributed by atoms with Gasteiger partial charge in [-0.1, -0.05) is 23.8 Å². The Labute approximate surface area is 190 Å². The highest BCUT2D eigenvalue weighted by molar-refractivity contribution is 7.89. The van der Waals surface area contributed by atoms with Gasteiger partial charge in [0.05, 0.1) is 10.9 Å². The van der Waals surface area contributed by atoms with Gasteiger partial charge in [-0.25, -0.2) is 8.42 Å². The number of hydrogen-bond acceptors (Lipinski definition) is 5. The molecule has 1 N–H and O–H groups in total. The molecule has 31 heavy (non-hydrogen) atoms. The molecule has 1 aromatic carbocycles. The molecule has 1 aliphatic heterocycles. The predicted octanol–water partition coefficient (Wildman–Crippen LogP) is 3.49. The Kier molecular flexibility index (Phi) is 7.57. The Morgan fingerprint density at radius 2 is 1.81 bits per heavy atom. The average molecular weight is 464 g/mol. The van der Waals surface area contributed by atoms with Crippen LogP contribution in [-0.2, 0) is 14.8 Å². The van der Waals surface area contributed by atoms with E-state index in [1.165, 1.54) is 9.18 Å². The minimum Gasteiger partial charge on any atom is -0.354 e. The lowest BCUT2D eigenvalue weighted by Gasteiger charge is -2.32. The number of rotatable bonds is 7. The molecular formula is C23H33N3O3S2. The van der Waals surface area contributed by atoms with Gasteiger partial charge in [-0.15, -0.1) is 11.3 Å². The largest absolute Gasteiger partial charge is 0.354 e. The van der Waals surface area contributed by atoms with Crippen molar-refractivity contribution in [1.82, 2.24) is 14.5 Å². The monoisotopic (exact) mass is 463 g/mol. The normalized spacial score (nSPS) is 17.1. The molecule has 0 bridgehead atoms. The van der Waals surface area contributed by atoms with E-state index in [-0.39, 0.29) is 17.9 Å². The lowest BCUT2D eigenvalue weighted by Crippen LogP contribution is -2.44. The molecule has 1 fully saturated rings. The van der Waals surface area contributed by atoms with Crippen LogP contribution in [0.1, 0.15) is 40.5 Å². The maximum atomic E-state index is 13.3. The second-order valence-electron chi connectivity index (χ2n) is 8.65. The molecule has 0 spiro atoms. The van der Waals surface area contributed by atoms with Crippen molar-refractivity contribution in [3.8, 4) is 0 Å². The number of piperidine rings is 1. The Hall–Kier alpha value is -1.74. The number of thiophene rings is 1. The first-order valence-electron chi connectivity index (χ1n) is 10.7. The Balaban J connectivity index is 1.61. The smallest absolute Gasteiger partial charge is 0.243 e. The van der Waals surface area contributed by atoms with Crippen molar-refractivity contribution in [2.24, 2.45) is 5.92 Å². The third-order valence-corrected chi connectivity index (χ3v) is 9.17. The zero-order valence-corrected chi connectivity index (χ0v) is 20.6. The fourth-order valence-electron chi connectivity index (χ4n) is 4.42. The fourth-order valence-corrected chi connectivity index (χ4v) is 7.23. The highest BCUT2D eigenvalue weighted by Gasteiger charge is 2.34. The zero-order chi connectivity index (χ0) is 22.8. The molecule has 1 atom stereocenters. The predicted molar refractivity (Wildman–Crippen MR) is 126 cm³/mol. The zero-order valence-electron chi connectivity index (χ0n) is 19.0. The fraction of sp³-hybridized carbons (Fsp3) is 0.522. The summed E-state index contributed by atoms with van der Waals surface area (Å²) in [7, 11) is 0.458. The average Bonchev–Trinajstić information content (AvgIpc) is 3.21. The summed E-state index contributed by atoms with van der Waals surface area (Å²) in [6.45, 7) is 6.96. The highest BCUT2D eigenvalue weighted by Crippen LogP contribution is 2.29. The molecule has 0 saturated carbocycles. The van der Waals surface area contributed by atoms with Crippen molar-refractivity contribution in [1.29, 1.82) is 0 Å². The van der Waals surface area contributed by atoms with Crippen LogP contribution < -0.4 is 5.32 Å². The number of amides is 1. The molecule has 170 valence electrons. The Morgan fingerprint density at radius 1 is 1.19 bits per heavy atom. The summed E-state index contributed by atoms with van der Waals surface area (Å²) in [5.74, 6) is -0.138. The second-order valence-corrected chi connectivity index (χ2v) is 11.5. The van der Waals surface area contributed by atoms with Crippen molar-refractivity contribution in [2.75, 3.05) is 33.7 Å². The number of sulfonamides is 1. The van der Waals surface area contributed by atoms with Gasteiger partial charge in [-0.3, -0.25) is 4.79 Å². The van der Waals surface area contributed by atoms with Crippen LogP contribution >= 0.6 is 11.3 Å². The minimum absolute atomic E-state index is 0.0168.